The monoisotopic (exact) mass is 279 g/mol. The molecule has 0 aliphatic carbocycles. The topological polar surface area (TPSA) is 18.5 Å². The summed E-state index contributed by atoms with van der Waals surface area (Å²) in [6, 6.07) is 6.65. The van der Waals surface area contributed by atoms with E-state index in [0.717, 1.165) is 45.0 Å². The molecule has 4 heteroatoms. The van der Waals surface area contributed by atoms with E-state index < -0.39 is 0 Å². The molecule has 0 saturated carbocycles. The van der Waals surface area contributed by atoms with Gasteiger partial charge in [-0.25, -0.2) is 4.39 Å². The molecule has 112 valence electrons. The molecule has 1 aliphatic rings. The molecule has 0 spiro atoms. The number of halogens is 1. The van der Waals surface area contributed by atoms with E-state index in [1.54, 1.807) is 6.07 Å². The van der Waals surface area contributed by atoms with Gasteiger partial charge < -0.3 is 5.32 Å². The van der Waals surface area contributed by atoms with Crippen LogP contribution < -0.4 is 5.32 Å². The molecule has 0 amide bonds. The van der Waals surface area contributed by atoms with Crippen molar-refractivity contribution in [2.45, 2.75) is 26.3 Å². The molecule has 1 saturated heterocycles. The van der Waals surface area contributed by atoms with Gasteiger partial charge in [0.05, 0.1) is 0 Å². The molecular formula is C16H26FN3. The molecule has 20 heavy (non-hydrogen) atoms. The number of benzene rings is 1. The van der Waals surface area contributed by atoms with Crippen molar-refractivity contribution < 1.29 is 4.39 Å². The second kappa shape index (κ2) is 6.55. The van der Waals surface area contributed by atoms with Gasteiger partial charge in [0, 0.05) is 50.5 Å². The maximum absolute atomic E-state index is 13.0. The van der Waals surface area contributed by atoms with Gasteiger partial charge in [-0.2, -0.15) is 0 Å². The predicted molar refractivity (Wildman–Crippen MR) is 82.7 cm³/mol. The Morgan fingerprint density at radius 2 is 1.85 bits per heavy atom. The van der Waals surface area contributed by atoms with Crippen LogP contribution in [0.25, 0.3) is 0 Å². The molecule has 0 radical (unpaired) electrons. The molecule has 1 aliphatic heterocycles. The zero-order valence-corrected chi connectivity index (χ0v) is 12.8. The molecule has 0 atom stereocenters. The summed E-state index contributed by atoms with van der Waals surface area (Å²) in [5.74, 6) is -0.186. The Bertz CT molecular complexity index is 420. The van der Waals surface area contributed by atoms with Gasteiger partial charge in [0.25, 0.3) is 0 Å². The van der Waals surface area contributed by atoms with Crippen molar-refractivity contribution in [3.8, 4) is 0 Å². The number of hydrogen-bond donors (Lipinski definition) is 1. The normalized spacial score (nSPS) is 18.2. The highest BCUT2D eigenvalue weighted by Gasteiger charge is 2.25. The van der Waals surface area contributed by atoms with Gasteiger partial charge in [-0.05, 0) is 39.0 Å². The van der Waals surface area contributed by atoms with Gasteiger partial charge in [-0.3, -0.25) is 9.80 Å². The highest BCUT2D eigenvalue weighted by molar-refractivity contribution is 5.42. The molecule has 1 aromatic rings. The van der Waals surface area contributed by atoms with Gasteiger partial charge in [-0.1, -0.05) is 6.07 Å². The van der Waals surface area contributed by atoms with E-state index in [4.69, 9.17) is 0 Å². The average molecular weight is 279 g/mol. The van der Waals surface area contributed by atoms with Crippen LogP contribution in [0.15, 0.2) is 24.3 Å². The SMILES string of the molecule is CC(C)(C)N1CCN(CCNc2cccc(F)c2)CC1. The smallest absolute Gasteiger partial charge is 0.125 e. The van der Waals surface area contributed by atoms with Crippen molar-refractivity contribution in [3.05, 3.63) is 30.1 Å². The van der Waals surface area contributed by atoms with E-state index in [9.17, 15) is 4.39 Å². The maximum Gasteiger partial charge on any atom is 0.125 e. The number of nitrogens with one attached hydrogen (secondary N) is 1. The summed E-state index contributed by atoms with van der Waals surface area (Å²) in [6.07, 6.45) is 0. The van der Waals surface area contributed by atoms with Crippen molar-refractivity contribution in [3.63, 3.8) is 0 Å². The molecule has 1 heterocycles. The fraction of sp³-hybridized carbons (Fsp3) is 0.625. The minimum atomic E-state index is -0.186. The second-order valence-corrected chi connectivity index (χ2v) is 6.44. The first-order valence-corrected chi connectivity index (χ1v) is 7.42. The van der Waals surface area contributed by atoms with Crippen molar-refractivity contribution in [2.24, 2.45) is 0 Å². The Labute approximate surface area is 121 Å². The maximum atomic E-state index is 13.0. The lowest BCUT2D eigenvalue weighted by Crippen LogP contribution is -2.53. The number of anilines is 1. The average Bonchev–Trinajstić information content (AvgIpc) is 2.38. The molecule has 0 aromatic heterocycles. The third-order valence-electron chi connectivity index (χ3n) is 3.90. The predicted octanol–water partition coefficient (Wildman–Crippen LogP) is 2.65. The quantitative estimate of drug-likeness (QED) is 0.914. The van der Waals surface area contributed by atoms with Gasteiger partial charge in [-0.15, -0.1) is 0 Å². The Balaban J connectivity index is 1.69. The molecule has 0 unspecified atom stereocenters. The van der Waals surface area contributed by atoms with E-state index >= 15 is 0 Å². The van der Waals surface area contributed by atoms with Crippen molar-refractivity contribution in [1.29, 1.82) is 0 Å². The van der Waals surface area contributed by atoms with E-state index in [2.05, 4.69) is 35.9 Å². The zero-order valence-electron chi connectivity index (χ0n) is 12.8. The van der Waals surface area contributed by atoms with E-state index in [0.29, 0.717) is 0 Å². The van der Waals surface area contributed by atoms with Crippen LogP contribution in [-0.2, 0) is 0 Å². The number of nitrogens with zero attached hydrogens (tertiary/aromatic N) is 2. The lowest BCUT2D eigenvalue weighted by atomic mass is 10.1. The van der Waals surface area contributed by atoms with Crippen LogP contribution in [0.5, 0.6) is 0 Å². The van der Waals surface area contributed by atoms with Crippen LogP contribution in [0.2, 0.25) is 0 Å². The van der Waals surface area contributed by atoms with Crippen molar-refractivity contribution in [2.75, 3.05) is 44.6 Å². The Morgan fingerprint density at radius 3 is 2.45 bits per heavy atom. The lowest BCUT2D eigenvalue weighted by Gasteiger charge is -2.42. The first kappa shape index (κ1) is 15.3. The van der Waals surface area contributed by atoms with E-state index in [1.807, 2.05) is 6.07 Å². The van der Waals surface area contributed by atoms with E-state index in [-0.39, 0.29) is 11.4 Å². The summed E-state index contributed by atoms with van der Waals surface area (Å²) >= 11 is 0. The number of rotatable bonds is 4. The van der Waals surface area contributed by atoms with E-state index in [1.165, 1.54) is 12.1 Å². The summed E-state index contributed by atoms with van der Waals surface area (Å²) < 4.78 is 13.0. The Morgan fingerprint density at radius 1 is 1.15 bits per heavy atom. The van der Waals surface area contributed by atoms with Crippen LogP contribution in [0.4, 0.5) is 10.1 Å². The molecule has 0 bridgehead atoms. The second-order valence-electron chi connectivity index (χ2n) is 6.44. The summed E-state index contributed by atoms with van der Waals surface area (Å²) in [6.45, 7) is 13.2. The Hall–Kier alpha value is -1.13. The third-order valence-corrected chi connectivity index (χ3v) is 3.90. The van der Waals surface area contributed by atoms with Crippen LogP contribution in [0, 0.1) is 5.82 Å². The number of piperazine rings is 1. The lowest BCUT2D eigenvalue weighted by molar-refractivity contribution is 0.0642. The van der Waals surface area contributed by atoms with Crippen LogP contribution in [0.3, 0.4) is 0 Å². The fourth-order valence-corrected chi connectivity index (χ4v) is 2.60. The first-order chi connectivity index (χ1) is 9.45. The first-order valence-electron chi connectivity index (χ1n) is 7.42. The van der Waals surface area contributed by atoms with Crippen LogP contribution in [0.1, 0.15) is 20.8 Å². The van der Waals surface area contributed by atoms with Crippen molar-refractivity contribution >= 4 is 5.69 Å². The molecule has 2 rings (SSSR count). The summed E-state index contributed by atoms with van der Waals surface area (Å²) in [5, 5.41) is 3.28. The summed E-state index contributed by atoms with van der Waals surface area (Å²) in [5.41, 5.74) is 1.13. The van der Waals surface area contributed by atoms with Gasteiger partial charge in [0.15, 0.2) is 0 Å². The standard InChI is InChI=1S/C16H26FN3/c1-16(2,3)20-11-9-19(10-12-20)8-7-18-15-6-4-5-14(17)13-15/h4-6,13,18H,7-12H2,1-3H3. The van der Waals surface area contributed by atoms with Crippen LogP contribution >= 0.6 is 0 Å². The third kappa shape index (κ3) is 4.46. The molecular weight excluding hydrogens is 253 g/mol. The molecule has 1 N–H and O–H groups in total. The molecule has 1 fully saturated rings. The number of hydrogen-bond acceptors (Lipinski definition) is 3. The minimum Gasteiger partial charge on any atom is -0.384 e. The molecule has 3 nitrogen and oxygen atoms in total. The van der Waals surface area contributed by atoms with Gasteiger partial charge >= 0.3 is 0 Å². The van der Waals surface area contributed by atoms with Crippen LogP contribution in [-0.4, -0.2) is 54.6 Å². The summed E-state index contributed by atoms with van der Waals surface area (Å²) in [4.78, 5) is 5.00. The van der Waals surface area contributed by atoms with Gasteiger partial charge in [0.2, 0.25) is 0 Å². The van der Waals surface area contributed by atoms with Crippen molar-refractivity contribution in [1.82, 2.24) is 9.80 Å². The molecule has 1 aromatic carbocycles. The fourth-order valence-electron chi connectivity index (χ4n) is 2.60. The highest BCUT2D eigenvalue weighted by Crippen LogP contribution is 2.15. The Kier molecular flexibility index (Phi) is 5.00. The minimum absolute atomic E-state index is 0.186. The largest absolute Gasteiger partial charge is 0.384 e. The highest BCUT2D eigenvalue weighted by atomic mass is 19.1. The zero-order chi connectivity index (χ0) is 14.6. The summed E-state index contributed by atoms with van der Waals surface area (Å²) in [7, 11) is 0. The van der Waals surface area contributed by atoms with Gasteiger partial charge in [0.1, 0.15) is 5.82 Å².